The minimum Gasteiger partial charge on any atom is -0.482 e. The van der Waals surface area contributed by atoms with Crippen LogP contribution >= 0.6 is 27.5 Å². The fourth-order valence-corrected chi connectivity index (χ4v) is 2.12. The summed E-state index contributed by atoms with van der Waals surface area (Å²) in [5, 5.41) is 2.84. The van der Waals surface area contributed by atoms with Gasteiger partial charge in [0.1, 0.15) is 11.6 Å². The minimum atomic E-state index is -0.456. The standard InChI is InChI=1S/C15H12BrClFNO2/c1-9-6-11(3-4-12(9)16)19-15(20)8-21-14-5-2-10(18)7-13(14)17/h2-7H,8H2,1H3,(H,19,20). The Bertz CT molecular complexity index is 679. The lowest BCUT2D eigenvalue weighted by Crippen LogP contribution is -2.20. The van der Waals surface area contributed by atoms with Crippen LogP contribution in [-0.4, -0.2) is 12.5 Å². The quantitative estimate of drug-likeness (QED) is 0.854. The van der Waals surface area contributed by atoms with E-state index in [0.29, 0.717) is 5.69 Å². The van der Waals surface area contributed by atoms with Crippen LogP contribution in [0.3, 0.4) is 0 Å². The van der Waals surface area contributed by atoms with Crippen LogP contribution in [0.4, 0.5) is 10.1 Å². The van der Waals surface area contributed by atoms with Gasteiger partial charge in [-0.3, -0.25) is 4.79 Å². The van der Waals surface area contributed by atoms with Crippen molar-refractivity contribution in [3.63, 3.8) is 0 Å². The molecule has 2 aromatic carbocycles. The van der Waals surface area contributed by atoms with Crippen molar-refractivity contribution < 1.29 is 13.9 Å². The van der Waals surface area contributed by atoms with Crippen molar-refractivity contribution in [2.75, 3.05) is 11.9 Å². The number of rotatable bonds is 4. The Morgan fingerprint density at radius 3 is 2.76 bits per heavy atom. The number of aryl methyl sites for hydroxylation is 1. The van der Waals surface area contributed by atoms with Crippen LogP contribution in [0, 0.1) is 12.7 Å². The molecule has 0 heterocycles. The number of ether oxygens (including phenoxy) is 1. The molecule has 0 aliphatic rings. The highest BCUT2D eigenvalue weighted by atomic mass is 79.9. The first-order valence-corrected chi connectivity index (χ1v) is 7.26. The molecule has 0 unspecified atom stereocenters. The summed E-state index contributed by atoms with van der Waals surface area (Å²) in [4.78, 5) is 11.8. The van der Waals surface area contributed by atoms with E-state index in [9.17, 15) is 9.18 Å². The van der Waals surface area contributed by atoms with Gasteiger partial charge in [-0.05, 0) is 48.9 Å². The first-order valence-electron chi connectivity index (χ1n) is 6.09. The Balaban J connectivity index is 1.94. The molecule has 2 aromatic rings. The van der Waals surface area contributed by atoms with Gasteiger partial charge in [0, 0.05) is 10.2 Å². The summed E-state index contributed by atoms with van der Waals surface area (Å²) in [6.07, 6.45) is 0. The van der Waals surface area contributed by atoms with E-state index in [4.69, 9.17) is 16.3 Å². The van der Waals surface area contributed by atoms with Crippen LogP contribution in [0.25, 0.3) is 0 Å². The molecule has 110 valence electrons. The SMILES string of the molecule is Cc1cc(NC(=O)COc2ccc(F)cc2Cl)ccc1Br. The number of carbonyl (C=O) groups excluding carboxylic acids is 1. The van der Waals surface area contributed by atoms with Gasteiger partial charge in [-0.1, -0.05) is 27.5 Å². The number of carbonyl (C=O) groups is 1. The molecule has 0 saturated heterocycles. The summed E-state index contributed by atoms with van der Waals surface area (Å²) in [6, 6.07) is 9.20. The van der Waals surface area contributed by atoms with Crippen molar-refractivity contribution in [3.05, 3.63) is 57.3 Å². The Hall–Kier alpha value is -1.59. The summed E-state index contributed by atoms with van der Waals surface area (Å²) in [7, 11) is 0. The fourth-order valence-electron chi connectivity index (χ4n) is 1.66. The molecule has 1 amide bonds. The van der Waals surface area contributed by atoms with Crippen molar-refractivity contribution in [1.82, 2.24) is 0 Å². The zero-order chi connectivity index (χ0) is 15.4. The van der Waals surface area contributed by atoms with Crippen LogP contribution in [0.1, 0.15) is 5.56 Å². The van der Waals surface area contributed by atoms with E-state index in [1.165, 1.54) is 12.1 Å². The molecular formula is C15H12BrClFNO2. The molecule has 0 bridgehead atoms. The maximum atomic E-state index is 12.9. The molecule has 1 N–H and O–H groups in total. The van der Waals surface area contributed by atoms with Gasteiger partial charge in [0.2, 0.25) is 0 Å². The third-order valence-electron chi connectivity index (χ3n) is 2.69. The fraction of sp³-hybridized carbons (Fsp3) is 0.133. The molecule has 0 saturated carbocycles. The molecular weight excluding hydrogens is 361 g/mol. The molecule has 0 aliphatic heterocycles. The largest absolute Gasteiger partial charge is 0.482 e. The second-order valence-corrected chi connectivity index (χ2v) is 5.64. The normalized spacial score (nSPS) is 10.3. The van der Waals surface area contributed by atoms with Crippen LogP contribution in [0.5, 0.6) is 5.75 Å². The first-order chi connectivity index (χ1) is 9.95. The summed E-state index contributed by atoms with van der Waals surface area (Å²) >= 11 is 9.20. The smallest absolute Gasteiger partial charge is 0.262 e. The highest BCUT2D eigenvalue weighted by molar-refractivity contribution is 9.10. The van der Waals surface area contributed by atoms with Crippen molar-refractivity contribution in [3.8, 4) is 5.75 Å². The van der Waals surface area contributed by atoms with Gasteiger partial charge >= 0.3 is 0 Å². The van der Waals surface area contributed by atoms with Gasteiger partial charge < -0.3 is 10.1 Å². The molecule has 0 radical (unpaired) electrons. The van der Waals surface area contributed by atoms with E-state index >= 15 is 0 Å². The van der Waals surface area contributed by atoms with Gasteiger partial charge in [-0.25, -0.2) is 4.39 Å². The Kier molecular flexibility index (Phi) is 5.20. The van der Waals surface area contributed by atoms with Crippen LogP contribution in [-0.2, 0) is 4.79 Å². The molecule has 6 heteroatoms. The van der Waals surface area contributed by atoms with Gasteiger partial charge in [0.15, 0.2) is 6.61 Å². The zero-order valence-corrected chi connectivity index (χ0v) is 13.5. The molecule has 3 nitrogen and oxygen atoms in total. The average Bonchev–Trinajstić information content (AvgIpc) is 2.42. The van der Waals surface area contributed by atoms with Gasteiger partial charge in [0.05, 0.1) is 5.02 Å². The van der Waals surface area contributed by atoms with Crippen LogP contribution < -0.4 is 10.1 Å². The van der Waals surface area contributed by atoms with Crippen molar-refractivity contribution in [2.24, 2.45) is 0 Å². The number of halogens is 3. The van der Waals surface area contributed by atoms with Gasteiger partial charge in [0.25, 0.3) is 5.91 Å². The third-order valence-corrected chi connectivity index (χ3v) is 3.88. The van der Waals surface area contributed by atoms with Crippen molar-refractivity contribution >= 4 is 39.1 Å². The number of nitrogens with one attached hydrogen (secondary N) is 1. The predicted molar refractivity (Wildman–Crippen MR) is 84.4 cm³/mol. The number of anilines is 1. The predicted octanol–water partition coefficient (Wildman–Crippen LogP) is 4.57. The van der Waals surface area contributed by atoms with Gasteiger partial charge in [-0.2, -0.15) is 0 Å². The molecule has 0 aliphatic carbocycles. The van der Waals surface area contributed by atoms with E-state index in [1.54, 1.807) is 6.07 Å². The monoisotopic (exact) mass is 371 g/mol. The topological polar surface area (TPSA) is 38.3 Å². The Labute approximate surface area is 135 Å². The number of benzene rings is 2. The number of hydrogen-bond acceptors (Lipinski definition) is 2. The molecule has 0 aromatic heterocycles. The van der Waals surface area contributed by atoms with E-state index in [2.05, 4.69) is 21.2 Å². The molecule has 0 fully saturated rings. The molecule has 21 heavy (non-hydrogen) atoms. The number of amides is 1. The summed E-state index contributed by atoms with van der Waals surface area (Å²) in [5.74, 6) is -0.514. The maximum absolute atomic E-state index is 12.9. The lowest BCUT2D eigenvalue weighted by molar-refractivity contribution is -0.118. The average molecular weight is 373 g/mol. The molecule has 2 rings (SSSR count). The molecule has 0 atom stereocenters. The van der Waals surface area contributed by atoms with E-state index in [0.717, 1.165) is 16.1 Å². The summed E-state index contributed by atoms with van der Waals surface area (Å²) < 4.78 is 19.1. The van der Waals surface area contributed by atoms with E-state index < -0.39 is 5.82 Å². The van der Waals surface area contributed by atoms with E-state index in [-0.39, 0.29) is 23.3 Å². The highest BCUT2D eigenvalue weighted by Gasteiger charge is 2.08. The third kappa shape index (κ3) is 4.44. The van der Waals surface area contributed by atoms with Gasteiger partial charge in [-0.15, -0.1) is 0 Å². The van der Waals surface area contributed by atoms with Crippen molar-refractivity contribution in [1.29, 1.82) is 0 Å². The van der Waals surface area contributed by atoms with Crippen molar-refractivity contribution in [2.45, 2.75) is 6.92 Å². The second kappa shape index (κ2) is 6.91. The lowest BCUT2D eigenvalue weighted by atomic mass is 10.2. The minimum absolute atomic E-state index is 0.127. The molecule has 0 spiro atoms. The lowest BCUT2D eigenvalue weighted by Gasteiger charge is -2.09. The summed E-state index contributed by atoms with van der Waals surface area (Å²) in [6.45, 7) is 1.72. The highest BCUT2D eigenvalue weighted by Crippen LogP contribution is 2.25. The Morgan fingerprint density at radius 1 is 1.33 bits per heavy atom. The van der Waals surface area contributed by atoms with E-state index in [1.807, 2.05) is 19.1 Å². The summed E-state index contributed by atoms with van der Waals surface area (Å²) in [5.41, 5.74) is 1.69. The van der Waals surface area contributed by atoms with Crippen LogP contribution in [0.2, 0.25) is 5.02 Å². The maximum Gasteiger partial charge on any atom is 0.262 e. The zero-order valence-electron chi connectivity index (χ0n) is 11.1. The second-order valence-electron chi connectivity index (χ2n) is 4.38. The first kappa shape index (κ1) is 15.8. The number of hydrogen-bond donors (Lipinski definition) is 1. The van der Waals surface area contributed by atoms with Crippen LogP contribution in [0.15, 0.2) is 40.9 Å². The Morgan fingerprint density at radius 2 is 2.10 bits per heavy atom.